The molecule has 2 aliphatic heterocycles. The molecule has 0 saturated carbocycles. The normalized spacial score (nSPS) is 27.8. The van der Waals surface area contributed by atoms with Gasteiger partial charge in [0.25, 0.3) is 0 Å². The first kappa shape index (κ1) is 17.2. The molecule has 0 amide bonds. The molecule has 2 fully saturated rings. The van der Waals surface area contributed by atoms with Crippen LogP contribution in [0.4, 0.5) is 13.2 Å². The Hall–Kier alpha value is -1.60. The lowest BCUT2D eigenvalue weighted by Gasteiger charge is -2.46. The Labute approximate surface area is 138 Å². The van der Waals surface area contributed by atoms with Crippen LogP contribution in [-0.2, 0) is 16.0 Å². The van der Waals surface area contributed by atoms with Crippen molar-refractivity contribution in [2.24, 2.45) is 5.92 Å². The van der Waals surface area contributed by atoms with E-state index >= 15 is 0 Å². The van der Waals surface area contributed by atoms with Crippen LogP contribution in [0, 0.1) is 5.92 Å². The summed E-state index contributed by atoms with van der Waals surface area (Å²) in [5.41, 5.74) is 0.544. The molecule has 0 spiro atoms. The van der Waals surface area contributed by atoms with Gasteiger partial charge in [-0.25, -0.2) is 0 Å². The summed E-state index contributed by atoms with van der Waals surface area (Å²) in [7, 11) is 2.05. The summed E-state index contributed by atoms with van der Waals surface area (Å²) in [6.07, 6.45) is -3.12. The van der Waals surface area contributed by atoms with Crippen LogP contribution in [-0.4, -0.2) is 49.4 Å². The average Bonchev–Trinajstić information content (AvgIpc) is 2.45. The van der Waals surface area contributed by atoms with Gasteiger partial charge in [-0.1, -0.05) is 12.1 Å². The molecule has 4 nitrogen and oxygen atoms in total. The lowest BCUT2D eigenvalue weighted by molar-refractivity contribution is -0.274. The summed E-state index contributed by atoms with van der Waals surface area (Å²) in [6, 6.07) is 6.13. The number of rotatable bonds is 4. The number of carbonyl (C=O) groups is 1. The Bertz CT molecular complexity index is 591. The minimum Gasteiger partial charge on any atom is -0.406 e. The highest BCUT2D eigenvalue weighted by atomic mass is 19.4. The number of carbonyl (C=O) groups excluding carboxylic acids is 1. The first-order chi connectivity index (χ1) is 11.3. The van der Waals surface area contributed by atoms with Gasteiger partial charge in [-0.05, 0) is 37.6 Å². The van der Waals surface area contributed by atoms with Crippen LogP contribution in [0.15, 0.2) is 24.3 Å². The highest BCUT2D eigenvalue weighted by Crippen LogP contribution is 2.32. The molecular formula is C17H20F3NO3. The van der Waals surface area contributed by atoms with E-state index in [4.69, 9.17) is 4.74 Å². The van der Waals surface area contributed by atoms with Crippen molar-refractivity contribution < 1.29 is 27.4 Å². The Kier molecular flexibility index (Phi) is 4.83. The van der Waals surface area contributed by atoms with E-state index in [0.717, 1.165) is 12.8 Å². The molecule has 2 unspecified atom stereocenters. The van der Waals surface area contributed by atoms with Crippen molar-refractivity contribution in [3.8, 4) is 5.75 Å². The Morgan fingerprint density at radius 3 is 2.58 bits per heavy atom. The highest BCUT2D eigenvalue weighted by molar-refractivity contribution is 5.83. The van der Waals surface area contributed by atoms with Crippen molar-refractivity contribution in [3.05, 3.63) is 29.8 Å². The van der Waals surface area contributed by atoms with Gasteiger partial charge in [0.2, 0.25) is 0 Å². The largest absolute Gasteiger partial charge is 0.573 e. The number of likely N-dealkylation sites (N-methyl/N-ethyl adjacent to an activating group) is 1. The van der Waals surface area contributed by atoms with Crippen molar-refractivity contribution in [2.75, 3.05) is 20.3 Å². The zero-order valence-corrected chi connectivity index (χ0v) is 13.4. The number of ketones is 1. The van der Waals surface area contributed by atoms with Crippen molar-refractivity contribution in [1.82, 2.24) is 4.90 Å². The minimum atomic E-state index is -4.73. The maximum atomic E-state index is 12.6. The van der Waals surface area contributed by atoms with Gasteiger partial charge < -0.3 is 9.47 Å². The fourth-order valence-corrected chi connectivity index (χ4v) is 3.56. The van der Waals surface area contributed by atoms with E-state index < -0.39 is 6.36 Å². The summed E-state index contributed by atoms with van der Waals surface area (Å²) < 4.78 is 46.3. The molecular weight excluding hydrogens is 323 g/mol. The number of alkyl halides is 3. The van der Waals surface area contributed by atoms with Crippen molar-refractivity contribution in [3.63, 3.8) is 0 Å². The van der Waals surface area contributed by atoms with Crippen LogP contribution in [0.25, 0.3) is 0 Å². The maximum Gasteiger partial charge on any atom is 0.573 e. The minimum absolute atomic E-state index is 0.0627. The number of Topliss-reactive ketones (excluding diaryl/α,β-unsaturated/α-hetero) is 1. The van der Waals surface area contributed by atoms with Gasteiger partial charge in [-0.3, -0.25) is 9.69 Å². The lowest BCUT2D eigenvalue weighted by Crippen LogP contribution is -2.55. The van der Waals surface area contributed by atoms with Crippen LogP contribution in [0.1, 0.15) is 18.4 Å². The number of morpholine rings is 1. The van der Waals surface area contributed by atoms with E-state index in [1.54, 1.807) is 6.07 Å². The number of benzene rings is 1. The monoisotopic (exact) mass is 343 g/mol. The van der Waals surface area contributed by atoms with Gasteiger partial charge in [0.1, 0.15) is 11.5 Å². The van der Waals surface area contributed by atoms with Crippen molar-refractivity contribution in [2.45, 2.75) is 37.7 Å². The number of hydrogen-bond donors (Lipinski definition) is 0. The molecule has 2 aliphatic rings. The summed E-state index contributed by atoms with van der Waals surface area (Å²) >= 11 is 0. The van der Waals surface area contributed by atoms with Gasteiger partial charge >= 0.3 is 6.36 Å². The number of hydrogen-bond acceptors (Lipinski definition) is 4. The van der Waals surface area contributed by atoms with Gasteiger partial charge in [-0.15, -0.1) is 13.2 Å². The van der Waals surface area contributed by atoms with Gasteiger partial charge in [-0.2, -0.15) is 0 Å². The highest BCUT2D eigenvalue weighted by Gasteiger charge is 2.39. The van der Waals surface area contributed by atoms with E-state index in [1.165, 1.54) is 18.2 Å². The lowest BCUT2D eigenvalue weighted by atomic mass is 9.81. The standard InChI is InChI=1S/C17H20F3NO3/c1-21-13-7-12(8-14(21)10-23-9-13)16(22)6-11-3-2-4-15(5-11)24-17(18,19)20/h2-5,12-14H,6-10H2,1H3. The molecule has 1 aromatic rings. The van der Waals surface area contributed by atoms with Crippen LogP contribution < -0.4 is 4.74 Å². The number of nitrogens with zero attached hydrogens (tertiary/aromatic N) is 1. The van der Waals surface area contributed by atoms with Gasteiger partial charge in [0, 0.05) is 24.4 Å². The molecule has 0 N–H and O–H groups in total. The Balaban J connectivity index is 1.64. The number of fused-ring (bicyclic) bond motifs is 2. The summed E-state index contributed by atoms with van der Waals surface area (Å²) in [6.45, 7) is 1.26. The van der Waals surface area contributed by atoms with E-state index in [-0.39, 0.29) is 36.0 Å². The molecule has 0 aromatic heterocycles. The molecule has 1 aromatic carbocycles. The van der Waals surface area contributed by atoms with E-state index in [1.807, 2.05) is 0 Å². The second-order valence-corrected chi connectivity index (χ2v) is 6.52. The summed E-state index contributed by atoms with van der Waals surface area (Å²) in [5, 5.41) is 0. The predicted molar refractivity (Wildman–Crippen MR) is 80.7 cm³/mol. The predicted octanol–water partition coefficient (Wildman–Crippen LogP) is 2.81. The fraction of sp³-hybridized carbons (Fsp3) is 0.588. The SMILES string of the molecule is CN1C2COCC1CC(C(=O)Cc1cccc(OC(F)(F)F)c1)C2. The molecule has 0 aliphatic carbocycles. The third-order valence-electron chi connectivity index (χ3n) is 4.85. The van der Waals surface area contributed by atoms with E-state index in [9.17, 15) is 18.0 Å². The second-order valence-electron chi connectivity index (χ2n) is 6.52. The van der Waals surface area contributed by atoms with Crippen molar-refractivity contribution >= 4 is 5.78 Å². The molecule has 2 heterocycles. The van der Waals surface area contributed by atoms with Crippen LogP contribution in [0.5, 0.6) is 5.75 Å². The number of halogens is 3. The molecule has 2 bridgehead atoms. The topological polar surface area (TPSA) is 38.8 Å². The second kappa shape index (κ2) is 6.72. The molecule has 0 radical (unpaired) electrons. The van der Waals surface area contributed by atoms with Crippen LogP contribution in [0.3, 0.4) is 0 Å². The van der Waals surface area contributed by atoms with Gasteiger partial charge in [0.05, 0.1) is 13.2 Å². The molecule has 2 saturated heterocycles. The third-order valence-corrected chi connectivity index (χ3v) is 4.85. The summed E-state index contributed by atoms with van der Waals surface area (Å²) in [5.74, 6) is -0.280. The summed E-state index contributed by atoms with van der Waals surface area (Å²) in [4.78, 5) is 14.8. The average molecular weight is 343 g/mol. The Morgan fingerprint density at radius 2 is 1.96 bits per heavy atom. The van der Waals surface area contributed by atoms with Crippen molar-refractivity contribution in [1.29, 1.82) is 0 Å². The maximum absolute atomic E-state index is 12.6. The molecule has 132 valence electrons. The fourth-order valence-electron chi connectivity index (χ4n) is 3.56. The van der Waals surface area contributed by atoms with Crippen LogP contribution in [0.2, 0.25) is 0 Å². The zero-order valence-electron chi connectivity index (χ0n) is 13.4. The molecule has 3 rings (SSSR count). The Morgan fingerprint density at radius 1 is 1.29 bits per heavy atom. The zero-order chi connectivity index (χ0) is 17.3. The van der Waals surface area contributed by atoms with E-state index in [2.05, 4.69) is 16.7 Å². The first-order valence-corrected chi connectivity index (χ1v) is 7.99. The quantitative estimate of drug-likeness (QED) is 0.843. The third kappa shape index (κ3) is 4.08. The molecule has 24 heavy (non-hydrogen) atoms. The first-order valence-electron chi connectivity index (χ1n) is 7.99. The van der Waals surface area contributed by atoms with E-state index in [0.29, 0.717) is 18.8 Å². The number of piperidine rings is 1. The molecule has 2 atom stereocenters. The molecule has 7 heteroatoms. The number of ether oxygens (including phenoxy) is 2. The van der Waals surface area contributed by atoms with Gasteiger partial charge in [0.15, 0.2) is 0 Å². The van der Waals surface area contributed by atoms with Crippen LogP contribution >= 0.6 is 0 Å². The smallest absolute Gasteiger partial charge is 0.406 e.